The molecular weight excluding hydrogens is 288 g/mol. The third-order valence-electron chi connectivity index (χ3n) is 4.41. The van der Waals surface area contributed by atoms with Crippen LogP contribution in [-0.2, 0) is 4.79 Å². The van der Waals surface area contributed by atoms with Crippen molar-refractivity contribution in [1.29, 1.82) is 0 Å². The van der Waals surface area contributed by atoms with E-state index in [0.717, 1.165) is 42.3 Å². The van der Waals surface area contributed by atoms with Gasteiger partial charge in [-0.25, -0.2) is 0 Å². The lowest BCUT2D eigenvalue weighted by Crippen LogP contribution is -2.36. The molecule has 4 nitrogen and oxygen atoms in total. The molecule has 1 saturated heterocycles. The number of likely N-dealkylation sites (tertiary alicyclic amines) is 1. The molecule has 2 rings (SSSR count). The molecule has 1 aromatic carbocycles. The number of aryl methyl sites for hydroxylation is 2. The van der Waals surface area contributed by atoms with Gasteiger partial charge in [-0.1, -0.05) is 13.0 Å². The lowest BCUT2D eigenvalue weighted by Gasteiger charge is -2.30. The van der Waals surface area contributed by atoms with Gasteiger partial charge >= 0.3 is 0 Å². The number of rotatable bonds is 7. The fourth-order valence-electron chi connectivity index (χ4n) is 3.03. The summed E-state index contributed by atoms with van der Waals surface area (Å²) < 4.78 is 5.57. The number of nitrogens with one attached hydrogen (secondary N) is 1. The van der Waals surface area contributed by atoms with E-state index >= 15 is 0 Å². The summed E-state index contributed by atoms with van der Waals surface area (Å²) in [7, 11) is 0. The average Bonchev–Trinajstić information content (AvgIpc) is 2.50. The quantitative estimate of drug-likeness (QED) is 0.786. The number of nitrogens with zero attached hydrogens (tertiary/aromatic N) is 1. The van der Waals surface area contributed by atoms with Crippen molar-refractivity contribution in [3.8, 4) is 5.75 Å². The van der Waals surface area contributed by atoms with E-state index in [0.29, 0.717) is 0 Å². The Kier molecular flexibility index (Phi) is 6.90. The van der Waals surface area contributed by atoms with Gasteiger partial charge in [0.25, 0.3) is 5.91 Å². The topological polar surface area (TPSA) is 41.6 Å². The molecule has 1 amide bonds. The fourth-order valence-corrected chi connectivity index (χ4v) is 3.03. The molecular formula is C19H30N2O2. The zero-order valence-electron chi connectivity index (χ0n) is 14.7. The Bertz CT molecular complexity index is 488. The molecule has 1 N–H and O–H groups in total. The molecule has 1 aromatic rings. The molecule has 1 heterocycles. The maximum absolute atomic E-state index is 11.8. The second-order valence-electron chi connectivity index (χ2n) is 6.84. The van der Waals surface area contributed by atoms with Crippen LogP contribution in [0.15, 0.2) is 18.2 Å². The third kappa shape index (κ3) is 6.61. The van der Waals surface area contributed by atoms with Crippen molar-refractivity contribution in [2.24, 2.45) is 5.92 Å². The van der Waals surface area contributed by atoms with Crippen LogP contribution in [0.2, 0.25) is 0 Å². The summed E-state index contributed by atoms with van der Waals surface area (Å²) in [6.45, 7) is 10.7. The number of carbonyl (C=O) groups excluding carboxylic acids is 1. The van der Waals surface area contributed by atoms with E-state index in [9.17, 15) is 4.79 Å². The molecule has 0 aliphatic carbocycles. The van der Waals surface area contributed by atoms with Gasteiger partial charge in [-0.3, -0.25) is 4.79 Å². The lowest BCUT2D eigenvalue weighted by atomic mass is 9.99. The van der Waals surface area contributed by atoms with Crippen molar-refractivity contribution in [3.63, 3.8) is 0 Å². The van der Waals surface area contributed by atoms with Crippen LogP contribution in [0.25, 0.3) is 0 Å². The van der Waals surface area contributed by atoms with Crippen LogP contribution >= 0.6 is 0 Å². The van der Waals surface area contributed by atoms with Crippen LogP contribution in [0.5, 0.6) is 5.75 Å². The van der Waals surface area contributed by atoms with E-state index in [1.807, 2.05) is 26.0 Å². The number of piperidine rings is 1. The minimum absolute atomic E-state index is 0.0450. The van der Waals surface area contributed by atoms with E-state index in [2.05, 4.69) is 23.2 Å². The van der Waals surface area contributed by atoms with Crippen LogP contribution in [0.1, 0.15) is 37.3 Å². The highest BCUT2D eigenvalue weighted by Gasteiger charge is 2.14. The average molecular weight is 318 g/mol. The van der Waals surface area contributed by atoms with Crippen molar-refractivity contribution in [1.82, 2.24) is 10.2 Å². The number of hydrogen-bond donors (Lipinski definition) is 1. The summed E-state index contributed by atoms with van der Waals surface area (Å²) in [4.78, 5) is 14.3. The van der Waals surface area contributed by atoms with Gasteiger partial charge in [-0.2, -0.15) is 0 Å². The first-order chi connectivity index (χ1) is 11.0. The molecule has 0 unspecified atom stereocenters. The first kappa shape index (κ1) is 17.8. The number of carbonyl (C=O) groups is 1. The molecule has 0 bridgehead atoms. The maximum Gasteiger partial charge on any atom is 0.257 e. The monoisotopic (exact) mass is 318 g/mol. The van der Waals surface area contributed by atoms with Gasteiger partial charge in [0.1, 0.15) is 5.75 Å². The van der Waals surface area contributed by atoms with E-state index < -0.39 is 0 Å². The van der Waals surface area contributed by atoms with Crippen LogP contribution in [0.4, 0.5) is 0 Å². The van der Waals surface area contributed by atoms with Crippen molar-refractivity contribution in [2.45, 2.75) is 40.0 Å². The predicted octanol–water partition coefficient (Wildman–Crippen LogP) is 2.92. The largest absolute Gasteiger partial charge is 0.484 e. The van der Waals surface area contributed by atoms with E-state index in [1.165, 1.54) is 25.9 Å². The molecule has 4 heteroatoms. The number of hydrogen-bond acceptors (Lipinski definition) is 3. The van der Waals surface area contributed by atoms with E-state index in [1.54, 1.807) is 0 Å². The lowest BCUT2D eigenvalue weighted by molar-refractivity contribution is -0.123. The Morgan fingerprint density at radius 1 is 1.22 bits per heavy atom. The Hall–Kier alpha value is -1.55. The van der Waals surface area contributed by atoms with Gasteiger partial charge < -0.3 is 15.0 Å². The summed E-state index contributed by atoms with van der Waals surface area (Å²) in [6.07, 6.45) is 3.61. The highest BCUT2D eigenvalue weighted by atomic mass is 16.5. The van der Waals surface area contributed by atoms with Crippen molar-refractivity contribution in [3.05, 3.63) is 29.3 Å². The molecule has 1 aliphatic heterocycles. The van der Waals surface area contributed by atoms with Crippen molar-refractivity contribution < 1.29 is 9.53 Å². The van der Waals surface area contributed by atoms with Gasteiger partial charge in [0, 0.05) is 6.54 Å². The molecule has 0 radical (unpaired) electrons. The van der Waals surface area contributed by atoms with Crippen LogP contribution < -0.4 is 10.1 Å². The first-order valence-corrected chi connectivity index (χ1v) is 8.73. The predicted molar refractivity (Wildman–Crippen MR) is 93.9 cm³/mol. The summed E-state index contributed by atoms with van der Waals surface area (Å²) in [5.74, 6) is 1.59. The SMILES string of the molecule is Cc1cc(C)cc(OCC(=O)NCCCN2CCC(C)CC2)c1. The van der Waals surface area contributed by atoms with E-state index in [-0.39, 0.29) is 12.5 Å². The fraction of sp³-hybridized carbons (Fsp3) is 0.632. The van der Waals surface area contributed by atoms with Gasteiger partial charge in [0.2, 0.25) is 0 Å². The molecule has 0 atom stereocenters. The molecule has 1 fully saturated rings. The minimum Gasteiger partial charge on any atom is -0.484 e. The molecule has 128 valence electrons. The standard InChI is InChI=1S/C19H30N2O2/c1-15-5-9-21(10-6-15)8-4-7-20-19(22)14-23-18-12-16(2)11-17(3)13-18/h11-13,15H,4-10,14H2,1-3H3,(H,20,22). The molecule has 0 aromatic heterocycles. The van der Waals surface area contributed by atoms with Crippen LogP contribution in [0, 0.1) is 19.8 Å². The number of benzene rings is 1. The second kappa shape index (κ2) is 8.92. The zero-order chi connectivity index (χ0) is 16.7. The number of ether oxygens (including phenoxy) is 1. The van der Waals surface area contributed by atoms with Crippen molar-refractivity contribution >= 4 is 5.91 Å². The summed E-state index contributed by atoms with van der Waals surface area (Å²) >= 11 is 0. The maximum atomic E-state index is 11.8. The smallest absolute Gasteiger partial charge is 0.257 e. The normalized spacial score (nSPS) is 16.3. The Morgan fingerprint density at radius 3 is 2.52 bits per heavy atom. The molecule has 0 spiro atoms. The Labute approximate surface area is 140 Å². The Balaban J connectivity index is 1.58. The van der Waals surface area contributed by atoms with E-state index in [4.69, 9.17) is 4.74 Å². The highest BCUT2D eigenvalue weighted by Crippen LogP contribution is 2.16. The molecule has 0 saturated carbocycles. The highest BCUT2D eigenvalue weighted by molar-refractivity contribution is 5.77. The van der Waals surface area contributed by atoms with Gasteiger partial charge in [0.15, 0.2) is 6.61 Å². The first-order valence-electron chi connectivity index (χ1n) is 8.73. The minimum atomic E-state index is -0.0450. The summed E-state index contributed by atoms with van der Waals surface area (Å²) in [5.41, 5.74) is 2.30. The van der Waals surface area contributed by atoms with Crippen LogP contribution in [0.3, 0.4) is 0 Å². The van der Waals surface area contributed by atoms with Gasteiger partial charge in [0.05, 0.1) is 0 Å². The summed E-state index contributed by atoms with van der Waals surface area (Å²) in [6, 6.07) is 6.00. The van der Waals surface area contributed by atoms with Gasteiger partial charge in [-0.15, -0.1) is 0 Å². The third-order valence-corrected chi connectivity index (χ3v) is 4.41. The second-order valence-corrected chi connectivity index (χ2v) is 6.84. The number of amides is 1. The zero-order valence-corrected chi connectivity index (χ0v) is 14.7. The summed E-state index contributed by atoms with van der Waals surface area (Å²) in [5, 5.41) is 2.94. The van der Waals surface area contributed by atoms with Gasteiger partial charge in [-0.05, 0) is 81.9 Å². The van der Waals surface area contributed by atoms with Crippen molar-refractivity contribution in [2.75, 3.05) is 32.8 Å². The molecule has 23 heavy (non-hydrogen) atoms. The molecule has 1 aliphatic rings. The van der Waals surface area contributed by atoms with Crippen LogP contribution in [-0.4, -0.2) is 43.6 Å². The Morgan fingerprint density at radius 2 is 1.87 bits per heavy atom.